The van der Waals surface area contributed by atoms with Crippen molar-refractivity contribution < 1.29 is 4.79 Å². The zero-order valence-electron chi connectivity index (χ0n) is 10.4. The maximum atomic E-state index is 11.8. The third-order valence-corrected chi connectivity index (χ3v) is 5.83. The highest BCUT2D eigenvalue weighted by molar-refractivity contribution is 8.19. The minimum atomic E-state index is 0.00327. The summed E-state index contributed by atoms with van der Waals surface area (Å²) in [5, 5.41) is 5.88. The molecule has 98 valence electrons. The van der Waals surface area contributed by atoms with Crippen molar-refractivity contribution in [2.75, 3.05) is 31.6 Å². The van der Waals surface area contributed by atoms with Crippen LogP contribution in [0, 0.1) is 0 Å². The maximum Gasteiger partial charge on any atom is 0.251 e. The first kappa shape index (κ1) is 13.8. The van der Waals surface area contributed by atoms with E-state index in [1.807, 2.05) is 42.7 Å². The Bertz CT molecular complexity index is 388. The van der Waals surface area contributed by atoms with Crippen LogP contribution in [-0.2, 0) is 0 Å². The van der Waals surface area contributed by atoms with Gasteiger partial charge < -0.3 is 10.6 Å². The van der Waals surface area contributed by atoms with E-state index in [-0.39, 0.29) is 5.91 Å². The van der Waals surface area contributed by atoms with Gasteiger partial charge in [0.05, 0.1) is 4.58 Å². The van der Waals surface area contributed by atoms with Gasteiger partial charge in [-0.15, -0.1) is 23.5 Å². The summed E-state index contributed by atoms with van der Waals surface area (Å²) < 4.78 is 0.548. The molecule has 3 nitrogen and oxygen atoms in total. The molecule has 2 rings (SSSR count). The number of thioether (sulfide) groups is 2. The van der Waals surface area contributed by atoms with Crippen LogP contribution in [-0.4, -0.2) is 37.6 Å². The van der Waals surface area contributed by atoms with Crippen LogP contribution in [0.5, 0.6) is 0 Å². The number of amides is 1. The highest BCUT2D eigenvalue weighted by Crippen LogP contribution is 2.45. The Kier molecular flexibility index (Phi) is 5.41. The van der Waals surface area contributed by atoms with E-state index in [9.17, 15) is 4.79 Å². The molecule has 5 heteroatoms. The molecule has 0 spiro atoms. The van der Waals surface area contributed by atoms with E-state index in [4.69, 9.17) is 0 Å². The summed E-state index contributed by atoms with van der Waals surface area (Å²) >= 11 is 3.96. The Morgan fingerprint density at radius 2 is 1.89 bits per heavy atom. The van der Waals surface area contributed by atoms with E-state index in [1.54, 1.807) is 0 Å². The van der Waals surface area contributed by atoms with Crippen molar-refractivity contribution >= 4 is 29.4 Å². The van der Waals surface area contributed by atoms with Crippen LogP contribution in [0.3, 0.4) is 0 Å². The molecular formula is C13H18N2OS2. The molecule has 1 aromatic rings. The Hall–Kier alpha value is -0.650. The van der Waals surface area contributed by atoms with E-state index in [0.29, 0.717) is 11.1 Å². The smallest absolute Gasteiger partial charge is 0.251 e. The summed E-state index contributed by atoms with van der Waals surface area (Å²) in [5.41, 5.74) is 2.05. The predicted octanol–water partition coefficient (Wildman–Crippen LogP) is 2.11. The fraction of sp³-hybridized carbons (Fsp3) is 0.462. The third-order valence-electron chi connectivity index (χ3n) is 2.73. The van der Waals surface area contributed by atoms with E-state index in [0.717, 1.165) is 12.1 Å². The Morgan fingerprint density at radius 1 is 1.22 bits per heavy atom. The summed E-state index contributed by atoms with van der Waals surface area (Å²) in [7, 11) is 1.87. The first-order valence-electron chi connectivity index (χ1n) is 6.07. The van der Waals surface area contributed by atoms with Gasteiger partial charge in [0, 0.05) is 30.2 Å². The minimum absolute atomic E-state index is 0.00327. The lowest BCUT2D eigenvalue weighted by Crippen LogP contribution is -2.30. The molecule has 1 aromatic carbocycles. The molecule has 0 aromatic heterocycles. The molecule has 1 fully saturated rings. The number of benzene rings is 1. The summed E-state index contributed by atoms with van der Waals surface area (Å²) in [6.07, 6.45) is 0. The topological polar surface area (TPSA) is 41.1 Å². The second-order valence-electron chi connectivity index (χ2n) is 4.05. The van der Waals surface area contributed by atoms with Crippen LogP contribution in [0.1, 0.15) is 20.5 Å². The van der Waals surface area contributed by atoms with Gasteiger partial charge in [0.2, 0.25) is 0 Å². The van der Waals surface area contributed by atoms with Crippen LogP contribution in [0.25, 0.3) is 0 Å². The van der Waals surface area contributed by atoms with Crippen molar-refractivity contribution in [3.05, 3.63) is 35.4 Å². The maximum absolute atomic E-state index is 11.8. The number of hydrogen-bond donors (Lipinski definition) is 2. The van der Waals surface area contributed by atoms with Gasteiger partial charge in [-0.25, -0.2) is 0 Å². The molecule has 0 atom stereocenters. The predicted molar refractivity (Wildman–Crippen MR) is 80.4 cm³/mol. The highest BCUT2D eigenvalue weighted by Gasteiger charge is 2.18. The number of carbonyl (C=O) groups is 1. The number of hydrogen-bond acceptors (Lipinski definition) is 4. The standard InChI is InChI=1S/C13H18N2OS2/c1-14-6-7-15-12(16)10-2-4-11(5-3-10)13-17-8-9-18-13/h2-5,13-14H,6-9H2,1H3,(H,15,16). The fourth-order valence-electron chi connectivity index (χ4n) is 1.75. The average molecular weight is 282 g/mol. The van der Waals surface area contributed by atoms with Crippen molar-refractivity contribution in [1.82, 2.24) is 10.6 Å². The normalized spacial score (nSPS) is 15.8. The van der Waals surface area contributed by atoms with Gasteiger partial charge in [0.1, 0.15) is 0 Å². The van der Waals surface area contributed by atoms with E-state index < -0.39 is 0 Å². The van der Waals surface area contributed by atoms with Crippen LogP contribution in [0.4, 0.5) is 0 Å². The molecule has 2 N–H and O–H groups in total. The first-order chi connectivity index (χ1) is 8.81. The van der Waals surface area contributed by atoms with Crippen molar-refractivity contribution in [1.29, 1.82) is 0 Å². The number of likely N-dealkylation sites (N-methyl/N-ethyl adjacent to an activating group) is 1. The molecule has 1 heterocycles. The minimum Gasteiger partial charge on any atom is -0.351 e. The summed E-state index contributed by atoms with van der Waals surface area (Å²) in [4.78, 5) is 11.8. The molecule has 0 radical (unpaired) electrons. The molecule has 1 amide bonds. The number of carbonyl (C=O) groups excluding carboxylic acids is 1. The Morgan fingerprint density at radius 3 is 2.50 bits per heavy atom. The zero-order valence-corrected chi connectivity index (χ0v) is 12.1. The molecule has 18 heavy (non-hydrogen) atoms. The van der Waals surface area contributed by atoms with Crippen molar-refractivity contribution in [2.24, 2.45) is 0 Å². The zero-order chi connectivity index (χ0) is 12.8. The molecule has 1 aliphatic heterocycles. The largest absolute Gasteiger partial charge is 0.351 e. The van der Waals surface area contributed by atoms with E-state index in [1.165, 1.54) is 17.1 Å². The molecule has 0 bridgehead atoms. The van der Waals surface area contributed by atoms with Gasteiger partial charge in [0.25, 0.3) is 5.91 Å². The SMILES string of the molecule is CNCCNC(=O)c1ccc(C2SCCS2)cc1. The highest BCUT2D eigenvalue weighted by atomic mass is 32.2. The quantitative estimate of drug-likeness (QED) is 0.812. The van der Waals surface area contributed by atoms with Gasteiger partial charge in [-0.2, -0.15) is 0 Å². The van der Waals surface area contributed by atoms with Gasteiger partial charge in [-0.05, 0) is 24.7 Å². The molecular weight excluding hydrogens is 264 g/mol. The Balaban J connectivity index is 1.92. The van der Waals surface area contributed by atoms with Crippen molar-refractivity contribution in [2.45, 2.75) is 4.58 Å². The number of rotatable bonds is 5. The van der Waals surface area contributed by atoms with Gasteiger partial charge >= 0.3 is 0 Å². The van der Waals surface area contributed by atoms with Gasteiger partial charge in [-0.1, -0.05) is 12.1 Å². The van der Waals surface area contributed by atoms with Crippen LogP contribution >= 0.6 is 23.5 Å². The Labute approximate surface area is 116 Å². The van der Waals surface area contributed by atoms with Gasteiger partial charge in [0.15, 0.2) is 0 Å². The molecule has 0 aliphatic carbocycles. The van der Waals surface area contributed by atoms with Crippen LogP contribution in [0.2, 0.25) is 0 Å². The average Bonchev–Trinajstić information content (AvgIpc) is 2.93. The fourth-order valence-corrected chi connectivity index (χ4v) is 4.60. The lowest BCUT2D eigenvalue weighted by molar-refractivity contribution is 0.0954. The van der Waals surface area contributed by atoms with Crippen molar-refractivity contribution in [3.8, 4) is 0 Å². The van der Waals surface area contributed by atoms with E-state index >= 15 is 0 Å². The molecule has 1 saturated heterocycles. The second kappa shape index (κ2) is 7.07. The van der Waals surface area contributed by atoms with Crippen molar-refractivity contribution in [3.63, 3.8) is 0 Å². The van der Waals surface area contributed by atoms with Crippen LogP contribution < -0.4 is 10.6 Å². The molecule has 0 unspecified atom stereocenters. The third kappa shape index (κ3) is 3.67. The summed E-state index contributed by atoms with van der Waals surface area (Å²) in [6, 6.07) is 7.99. The monoisotopic (exact) mass is 282 g/mol. The van der Waals surface area contributed by atoms with E-state index in [2.05, 4.69) is 22.8 Å². The summed E-state index contributed by atoms with van der Waals surface area (Å²) in [5.74, 6) is 2.45. The molecule has 1 aliphatic rings. The molecule has 0 saturated carbocycles. The number of nitrogens with one attached hydrogen (secondary N) is 2. The lowest BCUT2D eigenvalue weighted by Gasteiger charge is -2.09. The summed E-state index contributed by atoms with van der Waals surface area (Å²) in [6.45, 7) is 1.45. The lowest BCUT2D eigenvalue weighted by atomic mass is 10.1. The van der Waals surface area contributed by atoms with Gasteiger partial charge in [-0.3, -0.25) is 4.79 Å². The second-order valence-corrected chi connectivity index (χ2v) is 6.78. The first-order valence-corrected chi connectivity index (χ1v) is 8.17. The van der Waals surface area contributed by atoms with Crippen LogP contribution in [0.15, 0.2) is 24.3 Å².